The number of anilines is 2. The molecule has 3 nitrogen and oxygen atoms in total. The standard InChI is InChI=1S/C19H18N2O/c22-19-15-8-4-5-9-17(15)21-18-11-10-14(12-16(18)19)20-13-6-2-1-3-7-13/h1-3,6-7,10-12,20H,4-5,8-9H2,(H,21,22). The van der Waals surface area contributed by atoms with Crippen LogP contribution in [0.2, 0.25) is 0 Å². The molecule has 0 saturated carbocycles. The van der Waals surface area contributed by atoms with Crippen LogP contribution in [0.4, 0.5) is 11.4 Å². The highest BCUT2D eigenvalue weighted by molar-refractivity contribution is 5.84. The number of pyridine rings is 1. The fourth-order valence-electron chi connectivity index (χ4n) is 3.23. The Bertz CT molecular complexity index is 881. The average Bonchev–Trinajstić information content (AvgIpc) is 2.57. The smallest absolute Gasteiger partial charge is 0.192 e. The highest BCUT2D eigenvalue weighted by Gasteiger charge is 2.15. The first-order valence-electron chi connectivity index (χ1n) is 7.81. The minimum atomic E-state index is 0.195. The third kappa shape index (κ3) is 2.29. The fraction of sp³-hybridized carbons (Fsp3) is 0.211. The Morgan fingerprint density at radius 2 is 1.73 bits per heavy atom. The summed E-state index contributed by atoms with van der Waals surface area (Å²) in [7, 11) is 0. The number of hydrogen-bond donors (Lipinski definition) is 2. The van der Waals surface area contributed by atoms with E-state index in [1.807, 2.05) is 48.5 Å². The van der Waals surface area contributed by atoms with Gasteiger partial charge in [0.05, 0.1) is 0 Å². The van der Waals surface area contributed by atoms with Crippen molar-refractivity contribution in [3.63, 3.8) is 0 Å². The molecule has 3 aromatic rings. The second-order valence-electron chi connectivity index (χ2n) is 5.87. The van der Waals surface area contributed by atoms with Crippen molar-refractivity contribution < 1.29 is 0 Å². The third-order valence-corrected chi connectivity index (χ3v) is 4.35. The van der Waals surface area contributed by atoms with Crippen LogP contribution < -0.4 is 10.7 Å². The molecule has 0 saturated heterocycles. The zero-order valence-corrected chi connectivity index (χ0v) is 12.4. The van der Waals surface area contributed by atoms with Crippen LogP contribution in [-0.2, 0) is 12.8 Å². The van der Waals surface area contributed by atoms with Crippen LogP contribution >= 0.6 is 0 Å². The molecule has 0 spiro atoms. The largest absolute Gasteiger partial charge is 0.358 e. The van der Waals surface area contributed by atoms with E-state index >= 15 is 0 Å². The Morgan fingerprint density at radius 1 is 0.909 bits per heavy atom. The molecule has 0 amide bonds. The van der Waals surface area contributed by atoms with Crippen molar-refractivity contribution >= 4 is 22.3 Å². The monoisotopic (exact) mass is 290 g/mol. The van der Waals surface area contributed by atoms with Gasteiger partial charge in [-0.15, -0.1) is 0 Å². The summed E-state index contributed by atoms with van der Waals surface area (Å²) >= 11 is 0. The minimum absolute atomic E-state index is 0.195. The Balaban J connectivity index is 1.80. The molecule has 1 aliphatic rings. The van der Waals surface area contributed by atoms with Crippen molar-refractivity contribution in [2.75, 3.05) is 5.32 Å². The number of benzene rings is 2. The molecule has 0 bridgehead atoms. The van der Waals surface area contributed by atoms with Gasteiger partial charge in [-0.2, -0.15) is 0 Å². The molecular weight excluding hydrogens is 272 g/mol. The number of para-hydroxylation sites is 1. The maximum Gasteiger partial charge on any atom is 0.192 e. The summed E-state index contributed by atoms with van der Waals surface area (Å²) in [6, 6.07) is 16.0. The lowest BCUT2D eigenvalue weighted by atomic mass is 9.94. The number of fused-ring (bicyclic) bond motifs is 2. The van der Waals surface area contributed by atoms with Crippen molar-refractivity contribution in [3.8, 4) is 0 Å². The predicted octanol–water partition coefficient (Wildman–Crippen LogP) is 4.15. The summed E-state index contributed by atoms with van der Waals surface area (Å²) in [5, 5.41) is 4.13. The Labute approximate surface area is 129 Å². The van der Waals surface area contributed by atoms with Gasteiger partial charge in [-0.1, -0.05) is 18.2 Å². The summed E-state index contributed by atoms with van der Waals surface area (Å²) in [6.45, 7) is 0. The number of aromatic amines is 1. The summed E-state index contributed by atoms with van der Waals surface area (Å²) in [4.78, 5) is 16.2. The number of hydrogen-bond acceptors (Lipinski definition) is 2. The fourth-order valence-corrected chi connectivity index (χ4v) is 3.23. The molecule has 0 fully saturated rings. The van der Waals surface area contributed by atoms with Gasteiger partial charge in [0.1, 0.15) is 0 Å². The molecule has 22 heavy (non-hydrogen) atoms. The molecule has 0 atom stereocenters. The maximum absolute atomic E-state index is 12.7. The molecule has 1 aliphatic carbocycles. The van der Waals surface area contributed by atoms with E-state index in [4.69, 9.17) is 0 Å². The van der Waals surface area contributed by atoms with Gasteiger partial charge < -0.3 is 10.3 Å². The van der Waals surface area contributed by atoms with E-state index in [-0.39, 0.29) is 5.43 Å². The lowest BCUT2D eigenvalue weighted by molar-refractivity contribution is 0.668. The Hall–Kier alpha value is -2.55. The molecule has 110 valence electrons. The quantitative estimate of drug-likeness (QED) is 0.744. The summed E-state index contributed by atoms with van der Waals surface area (Å²) in [5.41, 5.74) is 5.21. The zero-order valence-electron chi connectivity index (χ0n) is 12.4. The lowest BCUT2D eigenvalue weighted by Crippen LogP contribution is -2.18. The molecule has 0 aliphatic heterocycles. The molecule has 1 heterocycles. The zero-order chi connectivity index (χ0) is 14.9. The van der Waals surface area contributed by atoms with Gasteiger partial charge in [-0.3, -0.25) is 4.79 Å². The summed E-state index contributed by atoms with van der Waals surface area (Å²) < 4.78 is 0. The van der Waals surface area contributed by atoms with Crippen molar-refractivity contribution in [2.24, 2.45) is 0 Å². The first-order chi connectivity index (χ1) is 10.8. The van der Waals surface area contributed by atoms with Crippen LogP contribution in [0.5, 0.6) is 0 Å². The molecule has 0 radical (unpaired) electrons. The normalized spacial score (nSPS) is 13.8. The second-order valence-corrected chi connectivity index (χ2v) is 5.87. The number of rotatable bonds is 2. The third-order valence-electron chi connectivity index (χ3n) is 4.35. The predicted molar refractivity (Wildman–Crippen MR) is 90.9 cm³/mol. The number of aromatic nitrogens is 1. The van der Waals surface area contributed by atoms with Crippen molar-refractivity contribution in [1.29, 1.82) is 0 Å². The van der Waals surface area contributed by atoms with Crippen LogP contribution in [0.3, 0.4) is 0 Å². The van der Waals surface area contributed by atoms with E-state index in [9.17, 15) is 4.79 Å². The van der Waals surface area contributed by atoms with E-state index in [2.05, 4.69) is 10.3 Å². The van der Waals surface area contributed by atoms with E-state index in [1.165, 1.54) is 6.42 Å². The highest BCUT2D eigenvalue weighted by atomic mass is 16.1. The van der Waals surface area contributed by atoms with E-state index < -0.39 is 0 Å². The topological polar surface area (TPSA) is 44.9 Å². The van der Waals surface area contributed by atoms with Crippen molar-refractivity contribution in [2.45, 2.75) is 25.7 Å². The SMILES string of the molecule is O=c1c2c([nH]c3ccc(Nc4ccccc4)cc13)CCCC2. The maximum atomic E-state index is 12.7. The second kappa shape index (κ2) is 5.34. The number of nitrogens with one attached hydrogen (secondary N) is 2. The van der Waals surface area contributed by atoms with Gasteiger partial charge in [0.25, 0.3) is 0 Å². The van der Waals surface area contributed by atoms with Crippen LogP contribution in [0, 0.1) is 0 Å². The van der Waals surface area contributed by atoms with Gasteiger partial charge >= 0.3 is 0 Å². The van der Waals surface area contributed by atoms with E-state index in [0.717, 1.165) is 52.8 Å². The van der Waals surface area contributed by atoms with E-state index in [1.54, 1.807) is 0 Å². The first-order valence-corrected chi connectivity index (χ1v) is 7.81. The molecule has 1 aromatic heterocycles. The molecule has 2 aromatic carbocycles. The number of aryl methyl sites for hydroxylation is 1. The molecular formula is C19H18N2O. The van der Waals surface area contributed by atoms with Gasteiger partial charge in [0.2, 0.25) is 0 Å². The minimum Gasteiger partial charge on any atom is -0.358 e. The van der Waals surface area contributed by atoms with Gasteiger partial charge in [0, 0.05) is 33.5 Å². The summed E-state index contributed by atoms with van der Waals surface area (Å²) in [6.07, 6.45) is 4.17. The van der Waals surface area contributed by atoms with Crippen LogP contribution in [0.25, 0.3) is 10.9 Å². The van der Waals surface area contributed by atoms with Crippen molar-refractivity contribution in [1.82, 2.24) is 4.98 Å². The molecule has 0 unspecified atom stereocenters. The van der Waals surface area contributed by atoms with Crippen molar-refractivity contribution in [3.05, 3.63) is 70.0 Å². The van der Waals surface area contributed by atoms with Crippen LogP contribution in [0.1, 0.15) is 24.1 Å². The molecule has 3 heteroatoms. The van der Waals surface area contributed by atoms with Gasteiger partial charge in [-0.05, 0) is 56.0 Å². The first kappa shape index (κ1) is 13.1. The van der Waals surface area contributed by atoms with Gasteiger partial charge in [0.15, 0.2) is 5.43 Å². The van der Waals surface area contributed by atoms with Crippen LogP contribution in [-0.4, -0.2) is 4.98 Å². The molecule has 2 N–H and O–H groups in total. The van der Waals surface area contributed by atoms with Crippen LogP contribution in [0.15, 0.2) is 53.3 Å². The highest BCUT2D eigenvalue weighted by Crippen LogP contribution is 2.23. The molecule has 4 rings (SSSR count). The Kier molecular flexibility index (Phi) is 3.19. The Morgan fingerprint density at radius 3 is 2.59 bits per heavy atom. The van der Waals surface area contributed by atoms with Gasteiger partial charge in [-0.25, -0.2) is 0 Å². The average molecular weight is 290 g/mol. The number of H-pyrrole nitrogens is 1. The summed E-state index contributed by atoms with van der Waals surface area (Å²) in [5.74, 6) is 0. The van der Waals surface area contributed by atoms with E-state index in [0.29, 0.717) is 0 Å². The lowest BCUT2D eigenvalue weighted by Gasteiger charge is -2.16.